The van der Waals surface area contributed by atoms with E-state index in [4.69, 9.17) is 9.84 Å². The molecule has 100 valence electrons. The molecule has 1 aromatic heterocycles. The maximum Gasteiger partial charge on any atom is 0.338 e. The Hall–Kier alpha value is -2.44. The van der Waals surface area contributed by atoms with Crippen molar-refractivity contribution < 1.29 is 19.0 Å². The van der Waals surface area contributed by atoms with Gasteiger partial charge >= 0.3 is 5.97 Å². The number of benzene rings is 1. The molecule has 6 nitrogen and oxygen atoms in total. The molecular formula is C12H12FN3O3. The zero-order chi connectivity index (χ0) is 13.8. The summed E-state index contributed by atoms with van der Waals surface area (Å²) < 4.78 is 20.4. The topological polar surface area (TPSA) is 77.2 Å². The molecule has 0 aliphatic heterocycles. The van der Waals surface area contributed by atoms with Crippen LogP contribution < -0.4 is 4.74 Å². The number of carbonyl (C=O) groups is 1. The number of ether oxygens (including phenoxy) is 1. The van der Waals surface area contributed by atoms with E-state index in [1.807, 2.05) is 6.92 Å². The summed E-state index contributed by atoms with van der Waals surface area (Å²) in [6.07, 6.45) is 1.41. The van der Waals surface area contributed by atoms with Crippen LogP contribution in [0.25, 0.3) is 0 Å². The lowest BCUT2D eigenvalue weighted by molar-refractivity contribution is 0.0692. The highest BCUT2D eigenvalue weighted by Gasteiger charge is 2.11. The van der Waals surface area contributed by atoms with Gasteiger partial charge in [0.25, 0.3) is 0 Å². The Morgan fingerprint density at radius 3 is 2.95 bits per heavy atom. The Bertz CT molecular complexity index is 598. The van der Waals surface area contributed by atoms with Gasteiger partial charge in [-0.05, 0) is 19.1 Å². The zero-order valence-electron chi connectivity index (χ0n) is 10.2. The van der Waals surface area contributed by atoms with Crippen LogP contribution in [0.4, 0.5) is 4.39 Å². The third-order valence-electron chi connectivity index (χ3n) is 2.53. The van der Waals surface area contributed by atoms with E-state index in [1.54, 1.807) is 4.68 Å². The first kappa shape index (κ1) is 13.0. The van der Waals surface area contributed by atoms with Crippen molar-refractivity contribution in [1.82, 2.24) is 14.8 Å². The predicted molar refractivity (Wildman–Crippen MR) is 63.4 cm³/mol. The second-order valence-electron chi connectivity index (χ2n) is 3.73. The molecule has 0 spiro atoms. The maximum absolute atomic E-state index is 13.4. The summed E-state index contributed by atoms with van der Waals surface area (Å²) >= 11 is 0. The van der Waals surface area contributed by atoms with Gasteiger partial charge in [0.2, 0.25) is 0 Å². The van der Waals surface area contributed by atoms with Gasteiger partial charge in [-0.3, -0.25) is 0 Å². The Morgan fingerprint density at radius 1 is 1.53 bits per heavy atom. The summed E-state index contributed by atoms with van der Waals surface area (Å²) in [6, 6.07) is 3.60. The molecule has 2 aromatic rings. The van der Waals surface area contributed by atoms with Crippen molar-refractivity contribution in [2.45, 2.75) is 20.1 Å². The van der Waals surface area contributed by atoms with E-state index in [9.17, 15) is 9.18 Å². The monoisotopic (exact) mass is 265 g/mol. The van der Waals surface area contributed by atoms with Crippen molar-refractivity contribution in [1.29, 1.82) is 0 Å². The molecule has 1 heterocycles. The van der Waals surface area contributed by atoms with Gasteiger partial charge in [0, 0.05) is 12.6 Å². The fourth-order valence-electron chi connectivity index (χ4n) is 1.57. The number of rotatable bonds is 5. The van der Waals surface area contributed by atoms with Gasteiger partial charge in [-0.2, -0.15) is 5.10 Å². The van der Waals surface area contributed by atoms with Crippen LogP contribution in [0.5, 0.6) is 5.75 Å². The van der Waals surface area contributed by atoms with Gasteiger partial charge in [0.1, 0.15) is 24.5 Å². The quantitative estimate of drug-likeness (QED) is 0.890. The highest BCUT2D eigenvalue weighted by Crippen LogP contribution is 2.17. The van der Waals surface area contributed by atoms with Crippen molar-refractivity contribution in [2.24, 2.45) is 0 Å². The lowest BCUT2D eigenvalue weighted by Crippen LogP contribution is -2.07. The van der Waals surface area contributed by atoms with Crippen molar-refractivity contribution in [2.75, 3.05) is 0 Å². The minimum absolute atomic E-state index is 0.139. The number of aromatic nitrogens is 3. The van der Waals surface area contributed by atoms with Crippen molar-refractivity contribution in [3.8, 4) is 5.75 Å². The Balaban J connectivity index is 2.08. The average molecular weight is 265 g/mol. The SMILES string of the molecule is CCn1ncnc1COc1ccc(C(=O)O)c(F)c1. The highest BCUT2D eigenvalue weighted by atomic mass is 19.1. The molecule has 0 saturated carbocycles. The second-order valence-corrected chi connectivity index (χ2v) is 3.73. The highest BCUT2D eigenvalue weighted by molar-refractivity contribution is 5.88. The average Bonchev–Trinajstić information content (AvgIpc) is 2.83. The number of aromatic carboxylic acids is 1. The van der Waals surface area contributed by atoms with E-state index < -0.39 is 11.8 Å². The first-order valence-corrected chi connectivity index (χ1v) is 5.64. The van der Waals surface area contributed by atoms with Gasteiger partial charge in [-0.1, -0.05) is 0 Å². The largest absolute Gasteiger partial charge is 0.486 e. The van der Waals surface area contributed by atoms with E-state index in [2.05, 4.69) is 10.1 Å². The number of nitrogens with zero attached hydrogens (tertiary/aromatic N) is 3. The van der Waals surface area contributed by atoms with Crippen LogP contribution in [0.15, 0.2) is 24.5 Å². The summed E-state index contributed by atoms with van der Waals surface area (Å²) in [4.78, 5) is 14.7. The maximum atomic E-state index is 13.4. The van der Waals surface area contributed by atoms with Crippen LogP contribution in [0.1, 0.15) is 23.1 Å². The van der Waals surface area contributed by atoms with Gasteiger partial charge in [0.05, 0.1) is 5.56 Å². The number of carboxylic acids is 1. The molecule has 0 fully saturated rings. The summed E-state index contributed by atoms with van der Waals surface area (Å²) in [5.74, 6) is -1.28. The lowest BCUT2D eigenvalue weighted by atomic mass is 10.2. The van der Waals surface area contributed by atoms with Crippen molar-refractivity contribution >= 4 is 5.97 Å². The van der Waals surface area contributed by atoms with Gasteiger partial charge in [0.15, 0.2) is 5.82 Å². The Kier molecular flexibility index (Phi) is 3.74. The van der Waals surface area contributed by atoms with Gasteiger partial charge in [-0.15, -0.1) is 0 Å². The normalized spacial score (nSPS) is 10.4. The molecule has 7 heteroatoms. The number of halogens is 1. The third-order valence-corrected chi connectivity index (χ3v) is 2.53. The summed E-state index contributed by atoms with van der Waals surface area (Å²) in [7, 11) is 0. The second kappa shape index (κ2) is 5.47. The Labute approximate surface area is 108 Å². The fourth-order valence-corrected chi connectivity index (χ4v) is 1.57. The number of carboxylic acid groups (broad SMARTS) is 1. The van der Waals surface area contributed by atoms with Crippen molar-refractivity contribution in [3.05, 3.63) is 41.7 Å². The first-order valence-electron chi connectivity index (χ1n) is 5.64. The molecule has 0 aliphatic carbocycles. The van der Waals surface area contributed by atoms with Crippen LogP contribution >= 0.6 is 0 Å². The standard InChI is InChI=1S/C12H12FN3O3/c1-2-16-11(14-7-15-16)6-19-8-3-4-9(12(17)18)10(13)5-8/h3-5,7H,2,6H2,1H3,(H,17,18). The number of aryl methyl sites for hydroxylation is 1. The molecule has 0 amide bonds. The molecule has 0 unspecified atom stereocenters. The Morgan fingerprint density at radius 2 is 2.32 bits per heavy atom. The van der Waals surface area contributed by atoms with Crippen LogP contribution in [-0.4, -0.2) is 25.8 Å². The van der Waals surface area contributed by atoms with E-state index in [1.165, 1.54) is 12.4 Å². The number of hydrogen-bond donors (Lipinski definition) is 1. The van der Waals surface area contributed by atoms with Crippen LogP contribution in [0.2, 0.25) is 0 Å². The molecule has 0 aliphatic rings. The minimum atomic E-state index is -1.31. The zero-order valence-corrected chi connectivity index (χ0v) is 10.2. The molecule has 0 radical (unpaired) electrons. The van der Waals surface area contributed by atoms with E-state index in [0.29, 0.717) is 12.4 Å². The molecule has 2 rings (SSSR count). The van der Waals surface area contributed by atoms with Crippen LogP contribution in [0.3, 0.4) is 0 Å². The summed E-state index contributed by atoms with van der Waals surface area (Å²) in [6.45, 7) is 2.71. The molecule has 1 N–H and O–H groups in total. The summed E-state index contributed by atoms with van der Waals surface area (Å²) in [5, 5.41) is 12.7. The predicted octanol–water partition coefficient (Wildman–Crippen LogP) is 1.71. The van der Waals surface area contributed by atoms with Crippen LogP contribution in [-0.2, 0) is 13.2 Å². The molecule has 0 atom stereocenters. The smallest absolute Gasteiger partial charge is 0.338 e. The molecule has 0 bridgehead atoms. The van der Waals surface area contributed by atoms with Gasteiger partial charge < -0.3 is 9.84 Å². The number of hydrogen-bond acceptors (Lipinski definition) is 4. The van der Waals surface area contributed by atoms with E-state index in [0.717, 1.165) is 12.1 Å². The summed E-state index contributed by atoms with van der Waals surface area (Å²) in [5.41, 5.74) is -0.385. The van der Waals surface area contributed by atoms with E-state index >= 15 is 0 Å². The molecular weight excluding hydrogens is 253 g/mol. The first-order chi connectivity index (χ1) is 9.11. The van der Waals surface area contributed by atoms with Gasteiger partial charge in [-0.25, -0.2) is 18.9 Å². The molecule has 0 saturated heterocycles. The van der Waals surface area contributed by atoms with E-state index in [-0.39, 0.29) is 17.9 Å². The van der Waals surface area contributed by atoms with Crippen LogP contribution in [0, 0.1) is 5.82 Å². The molecule has 19 heavy (non-hydrogen) atoms. The fraction of sp³-hybridized carbons (Fsp3) is 0.250. The lowest BCUT2D eigenvalue weighted by Gasteiger charge is -2.07. The minimum Gasteiger partial charge on any atom is -0.486 e. The molecule has 1 aromatic carbocycles. The van der Waals surface area contributed by atoms with Crippen molar-refractivity contribution in [3.63, 3.8) is 0 Å². The third kappa shape index (κ3) is 2.87.